The molecule has 1 saturated heterocycles. The van der Waals surface area contributed by atoms with Crippen LogP contribution in [0.25, 0.3) is 0 Å². The molecule has 0 bridgehead atoms. The highest BCUT2D eigenvalue weighted by atomic mass is 16.5. The van der Waals surface area contributed by atoms with Crippen molar-refractivity contribution in [1.82, 2.24) is 5.32 Å². The van der Waals surface area contributed by atoms with Gasteiger partial charge in [-0.2, -0.15) is 0 Å². The lowest BCUT2D eigenvalue weighted by Gasteiger charge is -2.34. The van der Waals surface area contributed by atoms with Gasteiger partial charge in [0.15, 0.2) is 11.5 Å². The first kappa shape index (κ1) is 16.1. The van der Waals surface area contributed by atoms with Crippen LogP contribution in [0.15, 0.2) is 24.3 Å². The maximum absolute atomic E-state index is 5.87. The largest absolute Gasteiger partial charge is 0.493 e. The molecule has 1 aromatic carbocycles. The van der Waals surface area contributed by atoms with E-state index < -0.39 is 0 Å². The molecule has 1 fully saturated rings. The number of hydrogen-bond acceptors (Lipinski definition) is 4. The van der Waals surface area contributed by atoms with Crippen LogP contribution in [0.4, 0.5) is 0 Å². The highest BCUT2D eigenvalue weighted by Crippen LogP contribution is 2.26. The van der Waals surface area contributed by atoms with Crippen LogP contribution in [-0.2, 0) is 4.74 Å². The summed E-state index contributed by atoms with van der Waals surface area (Å²) in [7, 11) is 1.66. The van der Waals surface area contributed by atoms with E-state index in [9.17, 15) is 0 Å². The minimum Gasteiger partial charge on any atom is -0.493 e. The van der Waals surface area contributed by atoms with Crippen LogP contribution in [-0.4, -0.2) is 38.0 Å². The SMILES string of the molecule is COc1ccccc1OC[C@H](C)NC1C[C@@H](C)O[C@@H](C)C1. The third-order valence-electron chi connectivity index (χ3n) is 3.78. The summed E-state index contributed by atoms with van der Waals surface area (Å²) in [6, 6.07) is 8.53. The third kappa shape index (κ3) is 4.90. The van der Waals surface area contributed by atoms with Gasteiger partial charge in [0.2, 0.25) is 0 Å². The Balaban J connectivity index is 1.80. The summed E-state index contributed by atoms with van der Waals surface area (Å²) in [5.41, 5.74) is 0. The molecule has 1 unspecified atom stereocenters. The van der Waals surface area contributed by atoms with E-state index in [0.29, 0.717) is 24.9 Å². The van der Waals surface area contributed by atoms with E-state index in [4.69, 9.17) is 14.2 Å². The van der Waals surface area contributed by atoms with Crippen LogP contribution in [0, 0.1) is 0 Å². The minimum absolute atomic E-state index is 0.289. The first-order valence-corrected chi connectivity index (χ1v) is 7.75. The molecule has 0 amide bonds. The third-order valence-corrected chi connectivity index (χ3v) is 3.78. The fourth-order valence-corrected chi connectivity index (χ4v) is 2.94. The molecule has 0 aliphatic carbocycles. The van der Waals surface area contributed by atoms with E-state index in [0.717, 1.165) is 24.3 Å². The van der Waals surface area contributed by atoms with Gasteiger partial charge in [-0.1, -0.05) is 12.1 Å². The van der Waals surface area contributed by atoms with E-state index in [1.54, 1.807) is 7.11 Å². The Hall–Kier alpha value is -1.26. The van der Waals surface area contributed by atoms with Gasteiger partial charge in [-0.3, -0.25) is 0 Å². The van der Waals surface area contributed by atoms with E-state index in [1.807, 2.05) is 24.3 Å². The first-order valence-electron chi connectivity index (χ1n) is 7.75. The zero-order chi connectivity index (χ0) is 15.2. The minimum atomic E-state index is 0.289. The molecular formula is C17H27NO3. The van der Waals surface area contributed by atoms with E-state index in [-0.39, 0.29) is 6.04 Å². The monoisotopic (exact) mass is 293 g/mol. The Morgan fingerprint density at radius 3 is 2.43 bits per heavy atom. The average Bonchev–Trinajstić information content (AvgIpc) is 2.44. The number of ether oxygens (including phenoxy) is 3. The quantitative estimate of drug-likeness (QED) is 0.875. The summed E-state index contributed by atoms with van der Waals surface area (Å²) in [6.07, 6.45) is 2.77. The molecule has 0 radical (unpaired) electrons. The van der Waals surface area contributed by atoms with Crippen molar-refractivity contribution >= 4 is 0 Å². The van der Waals surface area contributed by atoms with Gasteiger partial charge >= 0.3 is 0 Å². The van der Waals surface area contributed by atoms with Crippen LogP contribution >= 0.6 is 0 Å². The topological polar surface area (TPSA) is 39.7 Å². The maximum Gasteiger partial charge on any atom is 0.161 e. The molecule has 1 N–H and O–H groups in total. The van der Waals surface area contributed by atoms with Gasteiger partial charge < -0.3 is 19.5 Å². The van der Waals surface area contributed by atoms with Crippen molar-refractivity contribution < 1.29 is 14.2 Å². The smallest absolute Gasteiger partial charge is 0.161 e. The summed E-state index contributed by atoms with van der Waals surface area (Å²) in [5, 5.41) is 3.64. The van der Waals surface area contributed by atoms with Crippen LogP contribution in [0.2, 0.25) is 0 Å². The van der Waals surface area contributed by atoms with Crippen molar-refractivity contribution in [3.05, 3.63) is 24.3 Å². The van der Waals surface area contributed by atoms with Crippen molar-refractivity contribution in [3.63, 3.8) is 0 Å². The molecule has 1 aliphatic heterocycles. The average molecular weight is 293 g/mol. The molecule has 4 nitrogen and oxygen atoms in total. The molecule has 2 rings (SSSR count). The summed E-state index contributed by atoms with van der Waals surface area (Å²) in [5.74, 6) is 1.57. The molecule has 1 aromatic rings. The summed E-state index contributed by atoms with van der Waals surface area (Å²) >= 11 is 0. The lowest BCUT2D eigenvalue weighted by molar-refractivity contribution is -0.0439. The second-order valence-corrected chi connectivity index (χ2v) is 5.96. The highest BCUT2D eigenvalue weighted by Gasteiger charge is 2.25. The van der Waals surface area contributed by atoms with Gasteiger partial charge in [0.25, 0.3) is 0 Å². The van der Waals surface area contributed by atoms with Crippen LogP contribution in [0.1, 0.15) is 33.6 Å². The standard InChI is InChI=1S/C17H27NO3/c1-12(18-15-9-13(2)21-14(3)10-15)11-20-17-8-6-5-7-16(17)19-4/h5-8,12-15,18H,9-11H2,1-4H3/t12-,13-,14+,15?/m0/s1. The highest BCUT2D eigenvalue weighted by molar-refractivity contribution is 5.39. The number of benzene rings is 1. The molecule has 0 saturated carbocycles. The van der Waals surface area contributed by atoms with Gasteiger partial charge in [-0.15, -0.1) is 0 Å². The van der Waals surface area contributed by atoms with Gasteiger partial charge in [-0.05, 0) is 45.7 Å². The van der Waals surface area contributed by atoms with E-state index in [2.05, 4.69) is 26.1 Å². The number of para-hydroxylation sites is 2. The molecule has 4 atom stereocenters. The zero-order valence-corrected chi connectivity index (χ0v) is 13.5. The van der Waals surface area contributed by atoms with Crippen molar-refractivity contribution in [3.8, 4) is 11.5 Å². The van der Waals surface area contributed by atoms with Gasteiger partial charge in [0, 0.05) is 12.1 Å². The van der Waals surface area contributed by atoms with Crippen LogP contribution in [0.5, 0.6) is 11.5 Å². The fraction of sp³-hybridized carbons (Fsp3) is 0.647. The molecule has 1 heterocycles. The molecule has 1 aliphatic rings. The van der Waals surface area contributed by atoms with Crippen molar-refractivity contribution in [2.24, 2.45) is 0 Å². The molecular weight excluding hydrogens is 266 g/mol. The molecule has 0 aromatic heterocycles. The predicted molar refractivity (Wildman–Crippen MR) is 84.1 cm³/mol. The summed E-state index contributed by atoms with van der Waals surface area (Å²) in [6.45, 7) is 7.06. The van der Waals surface area contributed by atoms with Crippen molar-refractivity contribution in [2.75, 3.05) is 13.7 Å². The Kier molecular flexibility index (Phi) is 5.88. The van der Waals surface area contributed by atoms with Crippen molar-refractivity contribution in [2.45, 2.75) is 57.9 Å². The molecule has 21 heavy (non-hydrogen) atoms. The lowest BCUT2D eigenvalue weighted by Crippen LogP contribution is -2.46. The van der Waals surface area contributed by atoms with E-state index in [1.165, 1.54) is 0 Å². The Labute approximate surface area is 127 Å². The van der Waals surface area contributed by atoms with Gasteiger partial charge in [-0.25, -0.2) is 0 Å². The second-order valence-electron chi connectivity index (χ2n) is 5.96. The Morgan fingerprint density at radius 1 is 1.19 bits per heavy atom. The summed E-state index contributed by atoms with van der Waals surface area (Å²) in [4.78, 5) is 0. The number of rotatable bonds is 6. The maximum atomic E-state index is 5.87. The lowest BCUT2D eigenvalue weighted by atomic mass is 9.99. The Morgan fingerprint density at radius 2 is 1.81 bits per heavy atom. The Bertz CT molecular complexity index is 428. The van der Waals surface area contributed by atoms with Crippen LogP contribution < -0.4 is 14.8 Å². The summed E-state index contributed by atoms with van der Waals surface area (Å²) < 4.78 is 16.9. The number of methoxy groups -OCH3 is 1. The first-order chi connectivity index (χ1) is 10.1. The van der Waals surface area contributed by atoms with Gasteiger partial charge in [0.05, 0.1) is 19.3 Å². The molecule has 0 spiro atoms. The zero-order valence-electron chi connectivity index (χ0n) is 13.5. The number of hydrogen-bond donors (Lipinski definition) is 1. The van der Waals surface area contributed by atoms with Crippen molar-refractivity contribution in [1.29, 1.82) is 0 Å². The predicted octanol–water partition coefficient (Wildman–Crippen LogP) is 3.01. The fourth-order valence-electron chi connectivity index (χ4n) is 2.94. The van der Waals surface area contributed by atoms with Crippen LogP contribution in [0.3, 0.4) is 0 Å². The second kappa shape index (κ2) is 7.66. The normalized spacial score (nSPS) is 27.1. The molecule has 4 heteroatoms. The van der Waals surface area contributed by atoms with E-state index >= 15 is 0 Å². The molecule has 118 valence electrons. The van der Waals surface area contributed by atoms with Gasteiger partial charge in [0.1, 0.15) is 6.61 Å². The number of nitrogens with one attached hydrogen (secondary N) is 1.